The maximum Gasteiger partial charge on any atom is 0.254 e. The highest BCUT2D eigenvalue weighted by Crippen LogP contribution is 2.21. The zero-order valence-corrected chi connectivity index (χ0v) is 16.2. The molecule has 2 aliphatic rings. The van der Waals surface area contributed by atoms with Crippen LogP contribution in [0.3, 0.4) is 0 Å². The van der Waals surface area contributed by atoms with Crippen molar-refractivity contribution in [2.75, 3.05) is 24.6 Å². The summed E-state index contributed by atoms with van der Waals surface area (Å²) in [7, 11) is -2.85. The third-order valence-corrected chi connectivity index (χ3v) is 7.12. The van der Waals surface area contributed by atoms with Crippen molar-refractivity contribution >= 4 is 9.84 Å². The second kappa shape index (κ2) is 7.56. The first-order valence-electron chi connectivity index (χ1n) is 9.64. The van der Waals surface area contributed by atoms with Crippen LogP contribution >= 0.6 is 0 Å². The lowest BCUT2D eigenvalue weighted by Crippen LogP contribution is -2.39. The molecule has 0 radical (unpaired) electrons. The second-order valence-electron chi connectivity index (χ2n) is 7.53. The predicted molar refractivity (Wildman–Crippen MR) is 105 cm³/mol. The van der Waals surface area contributed by atoms with Gasteiger partial charge in [-0.15, -0.1) is 0 Å². The molecule has 0 saturated carbocycles. The van der Waals surface area contributed by atoms with Gasteiger partial charge in [0.05, 0.1) is 17.2 Å². The average molecular weight is 388 g/mol. The Labute approximate surface area is 159 Å². The van der Waals surface area contributed by atoms with Crippen molar-refractivity contribution in [3.05, 3.63) is 51.4 Å². The summed E-state index contributed by atoms with van der Waals surface area (Å²) in [5.74, 6) is 1.12. The van der Waals surface area contributed by atoms with E-state index in [9.17, 15) is 13.2 Å². The maximum atomic E-state index is 12.4. The van der Waals surface area contributed by atoms with E-state index in [1.807, 2.05) is 24.3 Å². The lowest BCUT2D eigenvalue weighted by Gasteiger charge is -2.26. The number of nitrogens with one attached hydrogen (secondary N) is 1. The van der Waals surface area contributed by atoms with Crippen molar-refractivity contribution in [3.63, 3.8) is 0 Å². The van der Waals surface area contributed by atoms with Crippen molar-refractivity contribution in [2.24, 2.45) is 0 Å². The largest absolute Gasteiger partial charge is 0.306 e. The molecule has 1 fully saturated rings. The molecule has 6 nitrogen and oxygen atoms in total. The topological polar surface area (TPSA) is 83.1 Å². The molecule has 0 atom stereocenters. The van der Waals surface area contributed by atoms with E-state index >= 15 is 0 Å². The molecule has 4 rings (SSSR count). The number of aromatic amines is 1. The van der Waals surface area contributed by atoms with Gasteiger partial charge in [0.15, 0.2) is 9.84 Å². The maximum absolute atomic E-state index is 12.4. The minimum absolute atomic E-state index is 0.00416. The quantitative estimate of drug-likeness (QED) is 0.814. The molecule has 0 bridgehead atoms. The number of nitrogens with zero attached hydrogens (tertiary/aromatic N) is 2. The summed E-state index contributed by atoms with van der Waals surface area (Å²) in [5.41, 5.74) is 3.84. The Morgan fingerprint density at radius 2 is 1.70 bits per heavy atom. The number of aryl methyl sites for hydroxylation is 1. The van der Waals surface area contributed by atoms with Gasteiger partial charge < -0.3 is 4.98 Å². The van der Waals surface area contributed by atoms with Gasteiger partial charge in [0, 0.05) is 30.8 Å². The van der Waals surface area contributed by atoms with Crippen LogP contribution in [0.25, 0.3) is 11.4 Å². The molecule has 7 heteroatoms. The molecule has 1 saturated heterocycles. The second-order valence-corrected chi connectivity index (χ2v) is 9.83. The minimum atomic E-state index is -2.85. The fourth-order valence-electron chi connectivity index (χ4n) is 3.85. The molecule has 2 aromatic rings. The first kappa shape index (κ1) is 18.4. The Morgan fingerprint density at radius 3 is 2.44 bits per heavy atom. The number of hydrogen-bond donors (Lipinski definition) is 1. The molecule has 1 N–H and O–H groups in total. The van der Waals surface area contributed by atoms with Gasteiger partial charge in [-0.1, -0.05) is 30.7 Å². The average Bonchev–Trinajstić information content (AvgIpc) is 2.90. The van der Waals surface area contributed by atoms with E-state index < -0.39 is 9.84 Å². The number of benzene rings is 1. The van der Waals surface area contributed by atoms with E-state index in [4.69, 9.17) is 4.98 Å². The highest BCUT2D eigenvalue weighted by Gasteiger charge is 2.21. The molecule has 27 heavy (non-hydrogen) atoms. The van der Waals surface area contributed by atoms with Crippen LogP contribution in [0.5, 0.6) is 0 Å². The minimum Gasteiger partial charge on any atom is -0.306 e. The summed E-state index contributed by atoms with van der Waals surface area (Å²) >= 11 is 0. The van der Waals surface area contributed by atoms with E-state index in [-0.39, 0.29) is 17.1 Å². The van der Waals surface area contributed by atoms with Crippen LogP contribution < -0.4 is 5.56 Å². The smallest absolute Gasteiger partial charge is 0.254 e. The third kappa shape index (κ3) is 4.30. The van der Waals surface area contributed by atoms with Crippen LogP contribution in [-0.2, 0) is 29.2 Å². The van der Waals surface area contributed by atoms with Crippen LogP contribution in [0.2, 0.25) is 0 Å². The number of sulfone groups is 1. The van der Waals surface area contributed by atoms with Crippen molar-refractivity contribution in [1.82, 2.24) is 14.9 Å². The van der Waals surface area contributed by atoms with Gasteiger partial charge in [-0.25, -0.2) is 13.4 Å². The van der Waals surface area contributed by atoms with Crippen molar-refractivity contribution in [2.45, 2.75) is 38.6 Å². The molecule has 2 heterocycles. The number of aromatic nitrogens is 2. The summed E-state index contributed by atoms with van der Waals surface area (Å²) < 4.78 is 23.1. The molecular weight excluding hydrogens is 362 g/mol. The molecule has 0 amide bonds. The van der Waals surface area contributed by atoms with E-state index in [0.717, 1.165) is 61.0 Å². The highest BCUT2D eigenvalue weighted by molar-refractivity contribution is 7.91. The highest BCUT2D eigenvalue weighted by atomic mass is 32.2. The number of fused-ring (bicyclic) bond motifs is 1. The summed E-state index contributed by atoms with van der Waals surface area (Å²) in [6.07, 6.45) is 5.00. The van der Waals surface area contributed by atoms with Crippen molar-refractivity contribution < 1.29 is 8.42 Å². The molecular formula is C20H25N3O3S. The molecule has 1 aliphatic heterocycles. The van der Waals surface area contributed by atoms with Gasteiger partial charge in [0.1, 0.15) is 5.82 Å². The van der Waals surface area contributed by atoms with Crippen molar-refractivity contribution in [1.29, 1.82) is 0 Å². The Bertz CT molecular complexity index is 967. The first-order chi connectivity index (χ1) is 13.0. The summed E-state index contributed by atoms with van der Waals surface area (Å²) in [6.45, 7) is 1.91. The lowest BCUT2D eigenvalue weighted by molar-refractivity contribution is 0.287. The van der Waals surface area contributed by atoms with Crippen LogP contribution in [0.1, 0.15) is 36.1 Å². The van der Waals surface area contributed by atoms with Crippen molar-refractivity contribution in [3.8, 4) is 11.4 Å². The zero-order valence-electron chi connectivity index (χ0n) is 15.4. The number of H-pyrrole nitrogens is 1. The fraction of sp³-hybridized carbons (Fsp3) is 0.500. The monoisotopic (exact) mass is 387 g/mol. The molecule has 1 aliphatic carbocycles. The van der Waals surface area contributed by atoms with Gasteiger partial charge in [0.25, 0.3) is 5.56 Å². The normalized spacial score (nSPS) is 20.0. The molecule has 1 aromatic heterocycles. The standard InChI is InChI=1S/C20H25N3O3S/c24-20-17-4-2-1-3-5-18(17)21-19(22-20)16-8-6-15(7-9-16)14-23-10-12-27(25,26)13-11-23/h6-9H,1-5,10-14H2,(H,21,22,24). The third-order valence-electron chi connectivity index (χ3n) is 5.51. The molecule has 1 aromatic carbocycles. The number of hydrogen-bond acceptors (Lipinski definition) is 5. The van der Waals surface area contributed by atoms with Gasteiger partial charge in [-0.05, 0) is 31.2 Å². The summed E-state index contributed by atoms with van der Waals surface area (Å²) in [4.78, 5) is 22.3. The lowest BCUT2D eigenvalue weighted by atomic mass is 10.1. The summed E-state index contributed by atoms with van der Waals surface area (Å²) in [6, 6.07) is 8.03. The molecule has 144 valence electrons. The van der Waals surface area contributed by atoms with Gasteiger partial charge in [-0.3, -0.25) is 9.69 Å². The van der Waals surface area contributed by atoms with Crippen LogP contribution in [0, 0.1) is 0 Å². The summed E-state index contributed by atoms with van der Waals surface area (Å²) in [5, 5.41) is 0. The number of rotatable bonds is 3. The Hall–Kier alpha value is -1.99. The Kier molecular flexibility index (Phi) is 5.14. The van der Waals surface area contributed by atoms with E-state index in [2.05, 4.69) is 9.88 Å². The van der Waals surface area contributed by atoms with Gasteiger partial charge >= 0.3 is 0 Å². The zero-order chi connectivity index (χ0) is 18.9. The van der Waals surface area contributed by atoms with E-state index in [1.54, 1.807) is 0 Å². The SMILES string of the molecule is O=c1[nH]c(-c2ccc(CN3CCS(=O)(=O)CC3)cc2)nc2c1CCCCC2. The van der Waals surface area contributed by atoms with Gasteiger partial charge in [0.2, 0.25) is 0 Å². The van der Waals surface area contributed by atoms with Crippen LogP contribution in [0.4, 0.5) is 0 Å². The Balaban J connectivity index is 1.50. The Morgan fingerprint density at radius 1 is 1.00 bits per heavy atom. The predicted octanol–water partition coefficient (Wildman–Crippen LogP) is 1.94. The van der Waals surface area contributed by atoms with Gasteiger partial charge in [-0.2, -0.15) is 0 Å². The molecule has 0 spiro atoms. The van der Waals surface area contributed by atoms with E-state index in [1.165, 1.54) is 0 Å². The van der Waals surface area contributed by atoms with E-state index in [0.29, 0.717) is 18.9 Å². The van der Waals surface area contributed by atoms with Crippen LogP contribution in [-0.4, -0.2) is 47.9 Å². The first-order valence-corrected chi connectivity index (χ1v) is 11.5. The van der Waals surface area contributed by atoms with Crippen LogP contribution in [0.15, 0.2) is 29.1 Å². The molecule has 0 unspecified atom stereocenters. The fourth-order valence-corrected chi connectivity index (χ4v) is 5.13.